The van der Waals surface area contributed by atoms with Gasteiger partial charge < -0.3 is 4.90 Å². The molecular formula is C11H13NOS. The number of aldehydes is 1. The molecule has 0 aromatic heterocycles. The van der Waals surface area contributed by atoms with Crippen molar-refractivity contribution in [3.63, 3.8) is 0 Å². The van der Waals surface area contributed by atoms with Gasteiger partial charge in [0.25, 0.3) is 0 Å². The summed E-state index contributed by atoms with van der Waals surface area (Å²) in [6.07, 6.45) is 2.68. The Hall–Kier alpha value is -1.22. The molecule has 0 spiro atoms. The predicted octanol–water partition coefficient (Wildman–Crippen LogP) is 2.38. The molecule has 0 atom stereocenters. The van der Waals surface area contributed by atoms with E-state index in [9.17, 15) is 4.79 Å². The fraction of sp³-hybridized carbons (Fsp3) is 0.182. The van der Waals surface area contributed by atoms with E-state index in [0.717, 1.165) is 11.2 Å². The average Bonchev–Trinajstić information content (AvgIpc) is 2.17. The second-order valence-electron chi connectivity index (χ2n) is 3.03. The van der Waals surface area contributed by atoms with Gasteiger partial charge in [-0.1, -0.05) is 30.0 Å². The number of thioether (sulfide) groups is 1. The molecule has 74 valence electrons. The molecule has 1 aromatic carbocycles. The average molecular weight is 207 g/mol. The first-order valence-corrected chi connectivity index (χ1v) is 5.10. The fourth-order valence-corrected chi connectivity index (χ4v) is 1.84. The number of nitrogens with zero attached hydrogens (tertiary/aromatic N) is 1. The molecule has 0 saturated heterocycles. The van der Waals surface area contributed by atoms with Crippen LogP contribution < -0.4 is 0 Å². The molecule has 1 rings (SSSR count). The Balaban J connectivity index is 2.71. The van der Waals surface area contributed by atoms with E-state index in [0.29, 0.717) is 4.91 Å². The van der Waals surface area contributed by atoms with E-state index in [1.807, 2.05) is 55.5 Å². The SMILES string of the molecule is CN(C)C=C(C=O)Sc1ccccc1. The Morgan fingerprint density at radius 1 is 1.29 bits per heavy atom. The molecule has 0 N–H and O–H groups in total. The highest BCUT2D eigenvalue weighted by molar-refractivity contribution is 8.03. The van der Waals surface area contributed by atoms with Crippen molar-refractivity contribution >= 4 is 18.0 Å². The van der Waals surface area contributed by atoms with Crippen LogP contribution in [-0.2, 0) is 4.79 Å². The smallest absolute Gasteiger partial charge is 0.158 e. The summed E-state index contributed by atoms with van der Waals surface area (Å²) in [6.45, 7) is 0. The van der Waals surface area contributed by atoms with Crippen LogP contribution in [0.1, 0.15) is 0 Å². The minimum Gasteiger partial charge on any atom is -0.382 e. The van der Waals surface area contributed by atoms with Gasteiger partial charge in [-0.15, -0.1) is 0 Å². The molecule has 3 heteroatoms. The third kappa shape index (κ3) is 3.66. The zero-order valence-electron chi connectivity index (χ0n) is 8.31. The molecule has 0 unspecified atom stereocenters. The molecule has 0 aliphatic carbocycles. The Labute approximate surface area is 88.6 Å². The molecule has 0 heterocycles. The monoisotopic (exact) mass is 207 g/mol. The normalized spacial score (nSPS) is 11.1. The van der Waals surface area contributed by atoms with Crippen molar-refractivity contribution in [2.24, 2.45) is 0 Å². The second-order valence-corrected chi connectivity index (χ2v) is 4.17. The number of benzene rings is 1. The van der Waals surface area contributed by atoms with E-state index in [-0.39, 0.29) is 0 Å². The zero-order valence-corrected chi connectivity index (χ0v) is 9.12. The van der Waals surface area contributed by atoms with Crippen molar-refractivity contribution in [1.29, 1.82) is 0 Å². The van der Waals surface area contributed by atoms with Crippen LogP contribution in [0.25, 0.3) is 0 Å². The number of hydrogen-bond acceptors (Lipinski definition) is 3. The maximum Gasteiger partial charge on any atom is 0.158 e. The first-order valence-electron chi connectivity index (χ1n) is 4.28. The van der Waals surface area contributed by atoms with E-state index >= 15 is 0 Å². The van der Waals surface area contributed by atoms with Crippen LogP contribution >= 0.6 is 11.8 Å². The van der Waals surface area contributed by atoms with Crippen LogP contribution in [0.4, 0.5) is 0 Å². The molecule has 0 radical (unpaired) electrons. The standard InChI is InChI=1S/C11H13NOS/c1-12(2)8-11(9-13)14-10-6-4-3-5-7-10/h3-9H,1-2H3. The van der Waals surface area contributed by atoms with Crippen LogP contribution in [0, 0.1) is 0 Å². The van der Waals surface area contributed by atoms with Crippen molar-refractivity contribution in [3.05, 3.63) is 41.4 Å². The molecule has 2 nitrogen and oxygen atoms in total. The fourth-order valence-electron chi connectivity index (χ4n) is 0.960. The van der Waals surface area contributed by atoms with Gasteiger partial charge in [0.05, 0.1) is 4.91 Å². The van der Waals surface area contributed by atoms with Crippen LogP contribution in [-0.4, -0.2) is 25.3 Å². The Morgan fingerprint density at radius 2 is 1.93 bits per heavy atom. The van der Waals surface area contributed by atoms with E-state index in [4.69, 9.17) is 0 Å². The first-order chi connectivity index (χ1) is 6.72. The zero-order chi connectivity index (χ0) is 10.4. The van der Waals surface area contributed by atoms with Gasteiger partial charge in [0, 0.05) is 25.2 Å². The van der Waals surface area contributed by atoms with Crippen molar-refractivity contribution in [1.82, 2.24) is 4.90 Å². The summed E-state index contributed by atoms with van der Waals surface area (Å²) in [4.78, 5) is 14.4. The number of carbonyl (C=O) groups is 1. The molecule has 0 aliphatic heterocycles. The predicted molar refractivity (Wildman–Crippen MR) is 60.1 cm³/mol. The lowest BCUT2D eigenvalue weighted by Gasteiger charge is -2.06. The van der Waals surface area contributed by atoms with Gasteiger partial charge in [-0.3, -0.25) is 4.79 Å². The molecule has 0 saturated carbocycles. The second kappa shape index (κ2) is 5.50. The summed E-state index contributed by atoms with van der Waals surface area (Å²) in [5.41, 5.74) is 0. The maximum atomic E-state index is 10.7. The number of carbonyl (C=O) groups excluding carboxylic acids is 1. The van der Waals surface area contributed by atoms with Crippen LogP contribution in [0.2, 0.25) is 0 Å². The van der Waals surface area contributed by atoms with E-state index in [2.05, 4.69) is 0 Å². The largest absolute Gasteiger partial charge is 0.382 e. The molecular weight excluding hydrogens is 194 g/mol. The summed E-state index contributed by atoms with van der Waals surface area (Å²) in [5.74, 6) is 0. The lowest BCUT2D eigenvalue weighted by atomic mass is 10.4. The van der Waals surface area contributed by atoms with Gasteiger partial charge in [-0.25, -0.2) is 0 Å². The highest BCUT2D eigenvalue weighted by atomic mass is 32.2. The van der Waals surface area contributed by atoms with E-state index in [1.54, 1.807) is 0 Å². The lowest BCUT2D eigenvalue weighted by Crippen LogP contribution is -2.02. The highest BCUT2D eigenvalue weighted by Gasteiger charge is 1.98. The topological polar surface area (TPSA) is 20.3 Å². The maximum absolute atomic E-state index is 10.7. The van der Waals surface area contributed by atoms with Gasteiger partial charge >= 0.3 is 0 Å². The molecule has 0 amide bonds. The van der Waals surface area contributed by atoms with Gasteiger partial charge in [0.1, 0.15) is 0 Å². The van der Waals surface area contributed by atoms with Crippen molar-refractivity contribution in [2.75, 3.05) is 14.1 Å². The number of hydrogen-bond donors (Lipinski definition) is 0. The number of allylic oxidation sites excluding steroid dienone is 1. The Morgan fingerprint density at radius 3 is 2.43 bits per heavy atom. The molecule has 1 aromatic rings. The summed E-state index contributed by atoms with van der Waals surface area (Å²) >= 11 is 1.47. The van der Waals surface area contributed by atoms with Gasteiger partial charge in [-0.05, 0) is 12.1 Å². The Bertz CT molecular complexity index is 319. The van der Waals surface area contributed by atoms with E-state index in [1.165, 1.54) is 11.8 Å². The molecule has 0 fully saturated rings. The minimum atomic E-state index is 0.709. The highest BCUT2D eigenvalue weighted by Crippen LogP contribution is 2.24. The van der Waals surface area contributed by atoms with Crippen LogP contribution in [0.15, 0.2) is 46.3 Å². The van der Waals surface area contributed by atoms with E-state index < -0.39 is 0 Å². The quantitative estimate of drug-likeness (QED) is 0.429. The molecule has 14 heavy (non-hydrogen) atoms. The van der Waals surface area contributed by atoms with Crippen molar-refractivity contribution < 1.29 is 4.79 Å². The minimum absolute atomic E-state index is 0.709. The van der Waals surface area contributed by atoms with Gasteiger partial charge in [0.2, 0.25) is 0 Å². The van der Waals surface area contributed by atoms with Crippen LogP contribution in [0.3, 0.4) is 0 Å². The van der Waals surface area contributed by atoms with Gasteiger partial charge in [-0.2, -0.15) is 0 Å². The van der Waals surface area contributed by atoms with Crippen LogP contribution in [0.5, 0.6) is 0 Å². The van der Waals surface area contributed by atoms with Crippen molar-refractivity contribution in [2.45, 2.75) is 4.90 Å². The van der Waals surface area contributed by atoms with Crippen molar-refractivity contribution in [3.8, 4) is 0 Å². The third-order valence-corrected chi connectivity index (χ3v) is 2.43. The summed E-state index contributed by atoms with van der Waals surface area (Å²) in [7, 11) is 3.80. The summed E-state index contributed by atoms with van der Waals surface area (Å²) in [6, 6.07) is 9.84. The lowest BCUT2D eigenvalue weighted by molar-refractivity contribution is -0.104. The first kappa shape index (κ1) is 10.9. The van der Waals surface area contributed by atoms with Gasteiger partial charge in [0.15, 0.2) is 6.29 Å². The number of rotatable bonds is 4. The molecule has 0 aliphatic rings. The Kier molecular flexibility index (Phi) is 4.26. The summed E-state index contributed by atoms with van der Waals surface area (Å²) in [5, 5.41) is 0. The summed E-state index contributed by atoms with van der Waals surface area (Å²) < 4.78 is 0. The third-order valence-electron chi connectivity index (χ3n) is 1.48. The molecule has 0 bridgehead atoms.